The summed E-state index contributed by atoms with van der Waals surface area (Å²) in [6.45, 7) is 4.76. The van der Waals surface area contributed by atoms with E-state index >= 15 is 0 Å². The lowest BCUT2D eigenvalue weighted by Gasteiger charge is -2.27. The zero-order chi connectivity index (χ0) is 13.9. The summed E-state index contributed by atoms with van der Waals surface area (Å²) in [5.74, 6) is 0.724. The van der Waals surface area contributed by atoms with Crippen molar-refractivity contribution in [1.29, 1.82) is 0 Å². The van der Waals surface area contributed by atoms with Crippen LogP contribution >= 0.6 is 0 Å². The fourth-order valence-corrected chi connectivity index (χ4v) is 3.30. The van der Waals surface area contributed by atoms with E-state index < -0.39 is 0 Å². The first-order valence-electron chi connectivity index (χ1n) is 7.36. The summed E-state index contributed by atoms with van der Waals surface area (Å²) >= 11 is 0. The number of ether oxygens (including phenoxy) is 3. The van der Waals surface area contributed by atoms with Gasteiger partial charge in [-0.25, -0.2) is 0 Å². The van der Waals surface area contributed by atoms with Gasteiger partial charge >= 0.3 is 5.97 Å². The quantitative estimate of drug-likeness (QED) is 0.405. The maximum absolute atomic E-state index is 11.4. The number of carbonyl (C=O) groups excluding carboxylic acids is 1. The molecule has 0 aromatic rings. The highest BCUT2D eigenvalue weighted by molar-refractivity contribution is 5.72. The molecule has 2 unspecified atom stereocenters. The standard InChI is InChI=1S/C15H26O4/c1-11(12(2)14(16)17-3)9-18-10-19-15-6-4-13(8-15)5-7-15/h11-13H,4-10H2,1-3H3. The summed E-state index contributed by atoms with van der Waals surface area (Å²) in [6, 6.07) is 0. The molecule has 0 N–H and O–H groups in total. The minimum atomic E-state index is -0.176. The first-order chi connectivity index (χ1) is 9.06. The molecular formula is C15H26O4. The van der Waals surface area contributed by atoms with Gasteiger partial charge in [-0.15, -0.1) is 0 Å². The Morgan fingerprint density at radius 3 is 2.53 bits per heavy atom. The van der Waals surface area contributed by atoms with Gasteiger partial charge in [0.15, 0.2) is 0 Å². The molecule has 0 aromatic heterocycles. The van der Waals surface area contributed by atoms with Crippen LogP contribution in [-0.4, -0.2) is 32.1 Å². The molecule has 2 rings (SSSR count). The van der Waals surface area contributed by atoms with Gasteiger partial charge in [0.2, 0.25) is 0 Å². The van der Waals surface area contributed by atoms with Gasteiger partial charge < -0.3 is 14.2 Å². The second-order valence-corrected chi connectivity index (χ2v) is 6.25. The molecule has 2 aliphatic carbocycles. The molecule has 0 aliphatic heterocycles. The average Bonchev–Trinajstić information content (AvgIpc) is 3.02. The zero-order valence-electron chi connectivity index (χ0n) is 12.3. The highest BCUT2D eigenvalue weighted by Gasteiger charge is 2.45. The minimum Gasteiger partial charge on any atom is -0.469 e. The monoisotopic (exact) mass is 270 g/mol. The van der Waals surface area contributed by atoms with Crippen LogP contribution in [0.15, 0.2) is 0 Å². The van der Waals surface area contributed by atoms with Crippen molar-refractivity contribution in [2.45, 2.75) is 51.6 Å². The Morgan fingerprint density at radius 1 is 1.32 bits per heavy atom. The van der Waals surface area contributed by atoms with Crippen LogP contribution in [0.25, 0.3) is 0 Å². The van der Waals surface area contributed by atoms with Crippen LogP contribution < -0.4 is 0 Å². The van der Waals surface area contributed by atoms with E-state index in [1.54, 1.807) is 0 Å². The largest absolute Gasteiger partial charge is 0.469 e. The van der Waals surface area contributed by atoms with Gasteiger partial charge in [0.05, 0.1) is 25.2 Å². The second kappa shape index (κ2) is 6.23. The summed E-state index contributed by atoms with van der Waals surface area (Å²) in [5, 5.41) is 0. The maximum atomic E-state index is 11.4. The van der Waals surface area contributed by atoms with E-state index in [1.165, 1.54) is 39.2 Å². The second-order valence-electron chi connectivity index (χ2n) is 6.25. The molecule has 2 bridgehead atoms. The molecule has 4 nitrogen and oxygen atoms in total. The number of methoxy groups -OCH3 is 1. The lowest BCUT2D eigenvalue weighted by Crippen LogP contribution is -2.29. The summed E-state index contributed by atoms with van der Waals surface area (Å²) in [6.07, 6.45) is 6.22. The summed E-state index contributed by atoms with van der Waals surface area (Å²) < 4.78 is 16.3. The van der Waals surface area contributed by atoms with Crippen LogP contribution in [0.2, 0.25) is 0 Å². The molecule has 0 saturated heterocycles. The van der Waals surface area contributed by atoms with Gasteiger partial charge in [-0.05, 0) is 43.9 Å². The Balaban J connectivity index is 1.63. The fourth-order valence-electron chi connectivity index (χ4n) is 3.30. The molecule has 0 aromatic carbocycles. The number of hydrogen-bond acceptors (Lipinski definition) is 4. The Kier molecular flexibility index (Phi) is 4.85. The van der Waals surface area contributed by atoms with Crippen LogP contribution in [0.4, 0.5) is 0 Å². The van der Waals surface area contributed by atoms with E-state index in [4.69, 9.17) is 14.2 Å². The first kappa shape index (κ1) is 14.8. The normalized spacial score (nSPS) is 32.3. The van der Waals surface area contributed by atoms with Crippen LogP contribution in [0.1, 0.15) is 46.0 Å². The van der Waals surface area contributed by atoms with Crippen LogP contribution in [0.3, 0.4) is 0 Å². The molecule has 0 spiro atoms. The molecular weight excluding hydrogens is 244 g/mol. The van der Waals surface area contributed by atoms with Gasteiger partial charge in [0, 0.05) is 0 Å². The van der Waals surface area contributed by atoms with Crippen molar-refractivity contribution < 1.29 is 19.0 Å². The molecule has 0 heterocycles. The highest BCUT2D eigenvalue weighted by atomic mass is 16.7. The molecule has 19 heavy (non-hydrogen) atoms. The Morgan fingerprint density at radius 2 is 2.00 bits per heavy atom. The van der Waals surface area contributed by atoms with Gasteiger partial charge in [-0.3, -0.25) is 4.79 Å². The van der Waals surface area contributed by atoms with E-state index in [-0.39, 0.29) is 23.4 Å². The predicted molar refractivity (Wildman–Crippen MR) is 71.6 cm³/mol. The van der Waals surface area contributed by atoms with E-state index in [9.17, 15) is 4.79 Å². The summed E-state index contributed by atoms with van der Waals surface area (Å²) in [7, 11) is 1.42. The smallest absolute Gasteiger partial charge is 0.308 e. The number of rotatable bonds is 7. The van der Waals surface area contributed by atoms with Crippen LogP contribution in [0.5, 0.6) is 0 Å². The van der Waals surface area contributed by atoms with Crippen molar-refractivity contribution in [3.8, 4) is 0 Å². The Labute approximate surface area is 115 Å². The molecule has 2 atom stereocenters. The molecule has 2 fully saturated rings. The van der Waals surface area contributed by atoms with Gasteiger partial charge in [0.1, 0.15) is 6.79 Å². The van der Waals surface area contributed by atoms with Crippen molar-refractivity contribution in [3.63, 3.8) is 0 Å². The van der Waals surface area contributed by atoms with Crippen molar-refractivity contribution >= 4 is 5.97 Å². The van der Waals surface area contributed by atoms with E-state index in [2.05, 4.69) is 0 Å². The van der Waals surface area contributed by atoms with Crippen molar-refractivity contribution in [2.75, 3.05) is 20.5 Å². The predicted octanol–water partition coefficient (Wildman–Crippen LogP) is 2.76. The molecule has 0 radical (unpaired) electrons. The van der Waals surface area contributed by atoms with Crippen LogP contribution in [0, 0.1) is 17.8 Å². The van der Waals surface area contributed by atoms with Gasteiger partial charge in [-0.2, -0.15) is 0 Å². The van der Waals surface area contributed by atoms with Crippen molar-refractivity contribution in [1.82, 2.24) is 0 Å². The number of hydrogen-bond donors (Lipinski definition) is 0. The number of carbonyl (C=O) groups is 1. The Bertz CT molecular complexity index is 307. The van der Waals surface area contributed by atoms with Crippen molar-refractivity contribution in [3.05, 3.63) is 0 Å². The summed E-state index contributed by atoms with van der Waals surface area (Å²) in [4.78, 5) is 11.4. The lowest BCUT2D eigenvalue weighted by atomic mass is 9.97. The SMILES string of the molecule is COC(=O)C(C)C(C)COCOC12CCC(CC1)C2. The topological polar surface area (TPSA) is 44.8 Å². The first-order valence-corrected chi connectivity index (χ1v) is 7.36. The molecule has 0 amide bonds. The summed E-state index contributed by atoms with van der Waals surface area (Å²) in [5.41, 5.74) is 0.113. The van der Waals surface area contributed by atoms with Crippen LogP contribution in [-0.2, 0) is 19.0 Å². The van der Waals surface area contributed by atoms with Gasteiger partial charge in [-0.1, -0.05) is 13.8 Å². The average molecular weight is 270 g/mol. The molecule has 110 valence electrons. The lowest BCUT2D eigenvalue weighted by molar-refractivity contribution is -0.155. The molecule has 2 saturated carbocycles. The van der Waals surface area contributed by atoms with Gasteiger partial charge in [0.25, 0.3) is 0 Å². The molecule has 4 heteroatoms. The zero-order valence-corrected chi connectivity index (χ0v) is 12.3. The number of esters is 1. The minimum absolute atomic E-state index is 0.113. The van der Waals surface area contributed by atoms with Crippen molar-refractivity contribution in [2.24, 2.45) is 17.8 Å². The highest BCUT2D eigenvalue weighted by Crippen LogP contribution is 2.49. The number of fused-ring (bicyclic) bond motifs is 2. The Hall–Kier alpha value is -0.610. The third kappa shape index (κ3) is 3.48. The van der Waals surface area contributed by atoms with E-state index in [0.29, 0.717) is 13.4 Å². The third-order valence-corrected chi connectivity index (χ3v) is 4.93. The third-order valence-electron chi connectivity index (χ3n) is 4.93. The van der Waals surface area contributed by atoms with E-state index in [0.717, 1.165) is 5.92 Å². The maximum Gasteiger partial charge on any atom is 0.308 e. The fraction of sp³-hybridized carbons (Fsp3) is 0.933. The molecule has 2 aliphatic rings. The van der Waals surface area contributed by atoms with E-state index in [1.807, 2.05) is 13.8 Å².